The lowest BCUT2D eigenvalue weighted by molar-refractivity contribution is -0.118. The summed E-state index contributed by atoms with van der Waals surface area (Å²) in [7, 11) is -3.74. The fraction of sp³-hybridized carbons (Fsp3) is 0.240. The minimum absolute atomic E-state index is 0.112. The molecule has 2 N–H and O–H groups in total. The summed E-state index contributed by atoms with van der Waals surface area (Å²) in [4.78, 5) is 12.3. The van der Waals surface area contributed by atoms with Crippen LogP contribution in [0.1, 0.15) is 36.5 Å². The van der Waals surface area contributed by atoms with Gasteiger partial charge in [-0.25, -0.2) is 8.42 Å². The van der Waals surface area contributed by atoms with E-state index < -0.39 is 10.0 Å². The van der Waals surface area contributed by atoms with Gasteiger partial charge in [-0.3, -0.25) is 9.52 Å². The quantitative estimate of drug-likeness (QED) is 0.489. The number of sulfonamides is 1. The van der Waals surface area contributed by atoms with Crippen molar-refractivity contribution < 1.29 is 17.9 Å². The molecule has 0 saturated carbocycles. The highest BCUT2D eigenvalue weighted by molar-refractivity contribution is 7.92. The van der Waals surface area contributed by atoms with E-state index >= 15 is 0 Å². The SMILES string of the molecule is Cc1ccc(C)c(NS(=O)(=O)c2ccc(OCC(=O)Nc3ccc(C(C)C)cc3)cc2)c1. The topological polar surface area (TPSA) is 84.5 Å². The first-order valence-electron chi connectivity index (χ1n) is 10.4. The zero-order valence-corrected chi connectivity index (χ0v) is 19.5. The normalized spacial score (nSPS) is 11.3. The maximum atomic E-state index is 12.7. The third kappa shape index (κ3) is 6.11. The molecule has 0 aliphatic heterocycles. The van der Waals surface area contributed by atoms with E-state index in [1.54, 1.807) is 6.07 Å². The number of carbonyl (C=O) groups excluding carboxylic acids is 1. The second-order valence-electron chi connectivity index (χ2n) is 8.01. The fourth-order valence-electron chi connectivity index (χ4n) is 3.06. The molecule has 32 heavy (non-hydrogen) atoms. The maximum absolute atomic E-state index is 12.7. The average molecular weight is 453 g/mol. The standard InChI is InChI=1S/C25H28N2O4S/c1-17(2)20-7-9-21(10-8-20)26-25(28)16-31-22-11-13-23(14-12-22)32(29,30)27-24-15-18(3)5-6-19(24)4/h5-15,17,27H,16H2,1-4H3,(H,26,28). The van der Waals surface area contributed by atoms with Crippen molar-refractivity contribution in [2.45, 2.75) is 38.5 Å². The second-order valence-corrected chi connectivity index (χ2v) is 9.69. The monoisotopic (exact) mass is 452 g/mol. The number of nitrogens with one attached hydrogen (secondary N) is 2. The molecule has 6 nitrogen and oxygen atoms in total. The largest absolute Gasteiger partial charge is 0.484 e. The molecule has 0 radical (unpaired) electrons. The summed E-state index contributed by atoms with van der Waals surface area (Å²) in [6.07, 6.45) is 0. The molecular weight excluding hydrogens is 424 g/mol. The first kappa shape index (κ1) is 23.3. The van der Waals surface area contributed by atoms with Crippen molar-refractivity contribution in [2.75, 3.05) is 16.6 Å². The van der Waals surface area contributed by atoms with Crippen LogP contribution in [-0.2, 0) is 14.8 Å². The summed E-state index contributed by atoms with van der Waals surface area (Å²) in [5.74, 6) is 0.530. The van der Waals surface area contributed by atoms with Crippen LogP contribution in [0.15, 0.2) is 71.6 Å². The lowest BCUT2D eigenvalue weighted by Gasteiger charge is -2.12. The first-order valence-corrected chi connectivity index (χ1v) is 11.8. The Hall–Kier alpha value is -3.32. The summed E-state index contributed by atoms with van der Waals surface area (Å²) in [6, 6.07) is 19.2. The first-order chi connectivity index (χ1) is 15.1. The number of benzene rings is 3. The number of hydrogen-bond donors (Lipinski definition) is 2. The predicted octanol–water partition coefficient (Wildman–Crippen LogP) is 5.25. The van der Waals surface area contributed by atoms with Crippen LogP contribution < -0.4 is 14.8 Å². The number of carbonyl (C=O) groups is 1. The molecule has 0 heterocycles. The predicted molar refractivity (Wildman–Crippen MR) is 128 cm³/mol. The van der Waals surface area contributed by atoms with Crippen molar-refractivity contribution in [2.24, 2.45) is 0 Å². The maximum Gasteiger partial charge on any atom is 0.262 e. The summed E-state index contributed by atoms with van der Waals surface area (Å²) in [6.45, 7) is 7.78. The van der Waals surface area contributed by atoms with Crippen LogP contribution in [-0.4, -0.2) is 20.9 Å². The van der Waals surface area contributed by atoms with Gasteiger partial charge < -0.3 is 10.1 Å². The molecule has 7 heteroatoms. The van der Waals surface area contributed by atoms with E-state index in [-0.39, 0.29) is 17.4 Å². The minimum atomic E-state index is -3.74. The van der Waals surface area contributed by atoms with Crippen LogP contribution >= 0.6 is 0 Å². The van der Waals surface area contributed by atoms with Crippen LogP contribution in [0.3, 0.4) is 0 Å². The molecule has 3 rings (SSSR count). The van der Waals surface area contributed by atoms with Crippen LogP contribution in [0.25, 0.3) is 0 Å². The van der Waals surface area contributed by atoms with E-state index in [0.29, 0.717) is 23.0 Å². The zero-order chi connectivity index (χ0) is 23.3. The Kier molecular flexibility index (Phi) is 7.20. The van der Waals surface area contributed by atoms with E-state index in [2.05, 4.69) is 23.9 Å². The summed E-state index contributed by atoms with van der Waals surface area (Å²) < 4.78 is 33.5. The van der Waals surface area contributed by atoms with Gasteiger partial charge in [0.05, 0.1) is 10.6 Å². The smallest absolute Gasteiger partial charge is 0.262 e. The summed E-state index contributed by atoms with van der Waals surface area (Å²) in [5.41, 5.74) is 4.24. The van der Waals surface area contributed by atoms with E-state index in [4.69, 9.17) is 4.74 Å². The molecule has 0 aromatic heterocycles. The summed E-state index contributed by atoms with van der Waals surface area (Å²) >= 11 is 0. The van der Waals surface area contributed by atoms with Gasteiger partial charge in [-0.15, -0.1) is 0 Å². The van der Waals surface area contributed by atoms with Gasteiger partial charge in [0.2, 0.25) is 0 Å². The molecule has 168 valence electrons. The molecule has 0 spiro atoms. The van der Waals surface area contributed by atoms with Gasteiger partial charge >= 0.3 is 0 Å². The van der Waals surface area contributed by atoms with Crippen LogP contribution in [0.2, 0.25) is 0 Å². The molecule has 0 saturated heterocycles. The van der Waals surface area contributed by atoms with Crippen molar-refractivity contribution in [3.05, 3.63) is 83.4 Å². The van der Waals surface area contributed by atoms with Crippen molar-refractivity contribution in [1.29, 1.82) is 0 Å². The Balaban J connectivity index is 1.58. The third-order valence-electron chi connectivity index (χ3n) is 5.00. The molecule has 0 bridgehead atoms. The number of ether oxygens (including phenoxy) is 1. The molecule has 3 aromatic carbocycles. The Morgan fingerprint density at radius 2 is 1.59 bits per heavy atom. The van der Waals surface area contributed by atoms with Gasteiger partial charge in [0, 0.05) is 5.69 Å². The van der Waals surface area contributed by atoms with Gasteiger partial charge in [-0.05, 0) is 78.9 Å². The van der Waals surface area contributed by atoms with E-state index in [1.165, 1.54) is 29.8 Å². The Morgan fingerprint density at radius 3 is 2.22 bits per heavy atom. The van der Waals surface area contributed by atoms with Crippen molar-refractivity contribution in [1.82, 2.24) is 0 Å². The van der Waals surface area contributed by atoms with Crippen LogP contribution in [0, 0.1) is 13.8 Å². The molecular formula is C25H28N2O4S. The molecule has 3 aromatic rings. The fourth-order valence-corrected chi connectivity index (χ4v) is 4.18. The second kappa shape index (κ2) is 9.87. The average Bonchev–Trinajstić information content (AvgIpc) is 2.75. The molecule has 0 unspecified atom stereocenters. The lowest BCUT2D eigenvalue weighted by atomic mass is 10.0. The van der Waals surface area contributed by atoms with Gasteiger partial charge in [0.1, 0.15) is 5.75 Å². The molecule has 0 fully saturated rings. The van der Waals surface area contributed by atoms with E-state index in [0.717, 1.165) is 11.1 Å². The number of hydrogen-bond acceptors (Lipinski definition) is 4. The molecule has 1 amide bonds. The van der Waals surface area contributed by atoms with Gasteiger partial charge in [-0.2, -0.15) is 0 Å². The van der Waals surface area contributed by atoms with Gasteiger partial charge in [-0.1, -0.05) is 38.1 Å². The molecule has 0 aliphatic carbocycles. The van der Waals surface area contributed by atoms with Crippen LogP contribution in [0.4, 0.5) is 11.4 Å². The van der Waals surface area contributed by atoms with Crippen LogP contribution in [0.5, 0.6) is 5.75 Å². The highest BCUT2D eigenvalue weighted by Crippen LogP contribution is 2.23. The number of rotatable bonds is 8. The molecule has 0 aliphatic rings. The van der Waals surface area contributed by atoms with Crippen molar-refractivity contribution in [3.63, 3.8) is 0 Å². The van der Waals surface area contributed by atoms with Gasteiger partial charge in [0.25, 0.3) is 15.9 Å². The zero-order valence-electron chi connectivity index (χ0n) is 18.7. The van der Waals surface area contributed by atoms with Gasteiger partial charge in [0.15, 0.2) is 6.61 Å². The number of amides is 1. The Labute approximate surface area is 189 Å². The Morgan fingerprint density at radius 1 is 0.938 bits per heavy atom. The van der Waals surface area contributed by atoms with Crippen molar-refractivity contribution in [3.8, 4) is 5.75 Å². The number of anilines is 2. The lowest BCUT2D eigenvalue weighted by Crippen LogP contribution is -2.20. The Bertz CT molecular complexity index is 1190. The minimum Gasteiger partial charge on any atom is -0.484 e. The highest BCUT2D eigenvalue weighted by atomic mass is 32.2. The highest BCUT2D eigenvalue weighted by Gasteiger charge is 2.16. The van der Waals surface area contributed by atoms with E-state index in [9.17, 15) is 13.2 Å². The van der Waals surface area contributed by atoms with E-state index in [1.807, 2.05) is 50.2 Å². The molecule has 0 atom stereocenters. The number of aryl methyl sites for hydroxylation is 2. The summed E-state index contributed by atoms with van der Waals surface area (Å²) in [5, 5.41) is 2.78. The van der Waals surface area contributed by atoms with Crippen molar-refractivity contribution >= 4 is 27.3 Å². The third-order valence-corrected chi connectivity index (χ3v) is 6.38.